The highest BCUT2D eigenvalue weighted by Gasteiger charge is 2.20. The molecule has 0 amide bonds. The first kappa shape index (κ1) is 21.9. The van der Waals surface area contributed by atoms with Gasteiger partial charge in [0.15, 0.2) is 5.75 Å². The molecule has 0 unspecified atom stereocenters. The molecule has 7 nitrogen and oxygen atoms in total. The Balaban J connectivity index is 0.00000256. The lowest BCUT2D eigenvalue weighted by atomic mass is 9.99. The van der Waals surface area contributed by atoms with E-state index in [9.17, 15) is 9.59 Å². The maximum absolute atomic E-state index is 12.4. The van der Waals surface area contributed by atoms with E-state index < -0.39 is 11.7 Å². The molecule has 0 aliphatic heterocycles. The molecule has 0 saturated carbocycles. The molecule has 0 spiro atoms. The van der Waals surface area contributed by atoms with Crippen LogP contribution in [0.4, 0.5) is 4.79 Å². The number of nitrogens with zero attached hydrogens (tertiary/aromatic N) is 1. The number of carboxylic acid groups (broad SMARTS) is 1. The van der Waals surface area contributed by atoms with E-state index in [1.165, 1.54) is 16.8 Å². The van der Waals surface area contributed by atoms with Crippen molar-refractivity contribution in [2.24, 2.45) is 7.05 Å². The zero-order chi connectivity index (χ0) is 20.7. The van der Waals surface area contributed by atoms with Crippen molar-refractivity contribution in [3.05, 3.63) is 51.4 Å². The Morgan fingerprint density at radius 3 is 2.67 bits per heavy atom. The number of aromatic nitrogens is 2. The average molecular weight is 432 g/mol. The van der Waals surface area contributed by atoms with E-state index in [2.05, 4.69) is 58.7 Å². The first-order valence-electron chi connectivity index (χ1n) is 9.85. The average Bonchev–Trinajstić information content (AvgIpc) is 2.85. The van der Waals surface area contributed by atoms with Crippen molar-refractivity contribution in [3.63, 3.8) is 0 Å². The van der Waals surface area contributed by atoms with E-state index >= 15 is 0 Å². The van der Waals surface area contributed by atoms with E-state index in [0.717, 1.165) is 48.0 Å². The van der Waals surface area contributed by atoms with Crippen molar-refractivity contribution in [2.45, 2.75) is 45.7 Å². The Morgan fingerprint density at radius 1 is 1.23 bits per heavy atom. The van der Waals surface area contributed by atoms with Crippen LogP contribution in [0, 0.1) is 0 Å². The number of aryl methyl sites for hydroxylation is 3. The molecule has 0 saturated heterocycles. The van der Waals surface area contributed by atoms with E-state index in [1.54, 1.807) is 6.07 Å². The summed E-state index contributed by atoms with van der Waals surface area (Å²) in [4.78, 5) is 26.1. The number of halogens is 1. The molecule has 2 aromatic heterocycles. The standard InChI is InChI=1S/C22H25N3O4.ClH/c1-12(2)23-11-16-7-15-8-17-13(9-18(15)25(16)3)5-4-6-14-10-19(29-22(27)28)21(26)24-20(14)17;/h7-10,12,23H,4-6,11H2,1-3H3,(H,24,26)(H,27,28);1H. The molecule has 1 aliphatic carbocycles. The van der Waals surface area contributed by atoms with Crippen LogP contribution in [0.5, 0.6) is 5.75 Å². The normalized spacial score (nSPS) is 12.8. The number of pyridine rings is 1. The molecule has 1 aromatic carbocycles. The summed E-state index contributed by atoms with van der Waals surface area (Å²) in [6.07, 6.45) is 1.06. The second kappa shape index (κ2) is 8.53. The molecule has 2 heterocycles. The summed E-state index contributed by atoms with van der Waals surface area (Å²) < 4.78 is 6.85. The number of H-pyrrole nitrogens is 1. The number of hydrogen-bond donors (Lipinski definition) is 3. The smallest absolute Gasteiger partial charge is 0.449 e. The molecule has 1 aliphatic rings. The van der Waals surface area contributed by atoms with Crippen LogP contribution in [-0.4, -0.2) is 26.9 Å². The number of hydrogen-bond acceptors (Lipinski definition) is 4. The second-order valence-electron chi connectivity index (χ2n) is 7.88. The van der Waals surface area contributed by atoms with Gasteiger partial charge in [0.05, 0.1) is 5.69 Å². The zero-order valence-corrected chi connectivity index (χ0v) is 18.1. The summed E-state index contributed by atoms with van der Waals surface area (Å²) in [7, 11) is 2.08. The Hall–Kier alpha value is -2.77. The highest BCUT2D eigenvalue weighted by molar-refractivity contribution is 5.88. The van der Waals surface area contributed by atoms with Gasteiger partial charge in [-0.2, -0.15) is 0 Å². The molecular formula is C22H26ClN3O4. The van der Waals surface area contributed by atoms with Crippen LogP contribution < -0.4 is 15.6 Å². The topological polar surface area (TPSA) is 96.3 Å². The lowest BCUT2D eigenvalue weighted by Crippen LogP contribution is -2.22. The summed E-state index contributed by atoms with van der Waals surface area (Å²) >= 11 is 0. The molecule has 3 N–H and O–H groups in total. The summed E-state index contributed by atoms with van der Waals surface area (Å²) in [6, 6.07) is 8.48. The summed E-state index contributed by atoms with van der Waals surface area (Å²) in [6.45, 7) is 5.04. The van der Waals surface area contributed by atoms with Crippen LogP contribution in [0.25, 0.3) is 22.2 Å². The third-order valence-electron chi connectivity index (χ3n) is 5.51. The Labute approximate surface area is 180 Å². The maximum Gasteiger partial charge on any atom is 0.511 e. The maximum atomic E-state index is 12.4. The highest BCUT2D eigenvalue weighted by Crippen LogP contribution is 2.35. The van der Waals surface area contributed by atoms with Crippen molar-refractivity contribution in [3.8, 4) is 17.0 Å². The Bertz CT molecular complexity index is 1160. The molecule has 0 radical (unpaired) electrons. The van der Waals surface area contributed by atoms with Crippen LogP contribution >= 0.6 is 12.4 Å². The van der Waals surface area contributed by atoms with Gasteiger partial charge in [0.2, 0.25) is 0 Å². The first-order valence-corrected chi connectivity index (χ1v) is 9.85. The van der Waals surface area contributed by atoms with Crippen molar-refractivity contribution in [2.75, 3.05) is 0 Å². The number of nitrogens with one attached hydrogen (secondary N) is 2. The minimum atomic E-state index is -1.49. The molecule has 0 bridgehead atoms. The number of fused-ring (bicyclic) bond motifs is 4. The second-order valence-corrected chi connectivity index (χ2v) is 7.88. The van der Waals surface area contributed by atoms with Crippen molar-refractivity contribution >= 4 is 29.5 Å². The van der Waals surface area contributed by atoms with Gasteiger partial charge in [0.25, 0.3) is 5.56 Å². The van der Waals surface area contributed by atoms with Gasteiger partial charge in [-0.3, -0.25) is 4.79 Å². The van der Waals surface area contributed by atoms with Crippen molar-refractivity contribution in [1.29, 1.82) is 0 Å². The van der Waals surface area contributed by atoms with Gasteiger partial charge in [-0.25, -0.2) is 4.79 Å². The zero-order valence-electron chi connectivity index (χ0n) is 17.2. The number of benzene rings is 1. The predicted octanol–water partition coefficient (Wildman–Crippen LogP) is 4.00. The monoisotopic (exact) mass is 431 g/mol. The van der Waals surface area contributed by atoms with Crippen LogP contribution in [0.2, 0.25) is 0 Å². The summed E-state index contributed by atoms with van der Waals surface area (Å²) in [5.74, 6) is -0.178. The fraction of sp³-hybridized carbons (Fsp3) is 0.364. The van der Waals surface area contributed by atoms with E-state index in [4.69, 9.17) is 5.11 Å². The largest absolute Gasteiger partial charge is 0.511 e. The third kappa shape index (κ3) is 4.08. The SMILES string of the molecule is CC(C)NCc1cc2cc3c(cc2n1C)CCCc1cc(OC(=O)O)c(=O)[nH]c1-3.Cl. The first-order chi connectivity index (χ1) is 13.8. The van der Waals surface area contributed by atoms with E-state index in [0.29, 0.717) is 6.04 Å². The van der Waals surface area contributed by atoms with Gasteiger partial charge in [-0.1, -0.05) is 13.8 Å². The third-order valence-corrected chi connectivity index (χ3v) is 5.51. The van der Waals surface area contributed by atoms with Gasteiger partial charge in [-0.15, -0.1) is 12.4 Å². The van der Waals surface area contributed by atoms with Gasteiger partial charge in [0.1, 0.15) is 0 Å². The summed E-state index contributed by atoms with van der Waals surface area (Å²) in [5.41, 5.74) is 5.67. The minimum Gasteiger partial charge on any atom is -0.449 e. The van der Waals surface area contributed by atoms with Crippen molar-refractivity contribution < 1.29 is 14.6 Å². The fourth-order valence-corrected chi connectivity index (χ4v) is 4.03. The number of carbonyl (C=O) groups is 1. The lowest BCUT2D eigenvalue weighted by Gasteiger charge is -2.12. The van der Waals surface area contributed by atoms with E-state index in [1.807, 2.05) is 0 Å². The molecule has 0 atom stereocenters. The molecule has 160 valence electrons. The molecular weight excluding hydrogens is 406 g/mol. The van der Waals surface area contributed by atoms with Gasteiger partial charge >= 0.3 is 6.16 Å². The molecule has 30 heavy (non-hydrogen) atoms. The Morgan fingerprint density at radius 2 is 1.97 bits per heavy atom. The van der Waals surface area contributed by atoms with Crippen LogP contribution in [-0.2, 0) is 26.4 Å². The molecule has 3 aromatic rings. The quantitative estimate of drug-likeness (QED) is 0.542. The molecule has 0 fully saturated rings. The lowest BCUT2D eigenvalue weighted by molar-refractivity contribution is 0.143. The number of aromatic amines is 1. The summed E-state index contributed by atoms with van der Waals surface area (Å²) in [5, 5.41) is 13.4. The van der Waals surface area contributed by atoms with Gasteiger partial charge in [-0.05, 0) is 54.7 Å². The minimum absolute atomic E-state index is 0. The van der Waals surface area contributed by atoms with Crippen LogP contribution in [0.1, 0.15) is 37.1 Å². The van der Waals surface area contributed by atoms with Gasteiger partial charge < -0.3 is 24.7 Å². The van der Waals surface area contributed by atoms with Crippen molar-refractivity contribution in [1.82, 2.24) is 14.9 Å². The van der Waals surface area contributed by atoms with Gasteiger partial charge in [0, 0.05) is 41.8 Å². The van der Waals surface area contributed by atoms with Crippen LogP contribution in [0.3, 0.4) is 0 Å². The van der Waals surface area contributed by atoms with Crippen LogP contribution in [0.15, 0.2) is 29.1 Å². The predicted molar refractivity (Wildman–Crippen MR) is 119 cm³/mol. The fourth-order valence-electron chi connectivity index (χ4n) is 4.03. The highest BCUT2D eigenvalue weighted by atomic mass is 35.5. The Kier molecular flexibility index (Phi) is 6.24. The number of rotatable bonds is 4. The van der Waals surface area contributed by atoms with E-state index in [-0.39, 0.29) is 18.2 Å². The number of ether oxygens (including phenoxy) is 1. The molecule has 4 rings (SSSR count). The molecule has 8 heteroatoms.